The van der Waals surface area contributed by atoms with Gasteiger partial charge in [-0.05, 0) is 6.07 Å². The third-order valence-electron chi connectivity index (χ3n) is 1.76. The van der Waals surface area contributed by atoms with Crippen LogP contribution in [0.2, 0.25) is 0 Å². The van der Waals surface area contributed by atoms with Crippen molar-refractivity contribution in [3.05, 3.63) is 50.1 Å². The lowest BCUT2D eigenvalue weighted by Crippen LogP contribution is -2.17. The lowest BCUT2D eigenvalue weighted by molar-refractivity contribution is -0.571. The van der Waals surface area contributed by atoms with E-state index < -0.39 is 38.7 Å². The molecule has 1 rings (SSSR count). The molecule has 0 fully saturated rings. The summed E-state index contributed by atoms with van der Waals surface area (Å²) in [7, 11) is 0. The molecule has 17 heavy (non-hydrogen) atoms. The number of benzene rings is 1. The molecule has 92 valence electrons. The first kappa shape index (κ1) is 13.2. The third kappa shape index (κ3) is 3.27. The fourth-order valence-electron chi connectivity index (χ4n) is 1.14. The second-order valence-electron chi connectivity index (χ2n) is 2.77. The van der Waals surface area contributed by atoms with Gasteiger partial charge in [-0.2, -0.15) is 8.39 Å². The van der Waals surface area contributed by atoms with E-state index in [9.17, 15) is 24.4 Å². The molecular formula is C7H6N2O7S. The lowest BCUT2D eigenvalue weighted by Gasteiger charge is -2.07. The van der Waals surface area contributed by atoms with Crippen molar-refractivity contribution in [2.45, 2.75) is 6.23 Å². The molecule has 0 heterocycles. The van der Waals surface area contributed by atoms with Gasteiger partial charge in [-0.15, -0.1) is 0 Å². The van der Waals surface area contributed by atoms with E-state index in [4.69, 9.17) is 4.55 Å². The second kappa shape index (κ2) is 5.43. The average Bonchev–Trinajstić information content (AvgIpc) is 2.25. The largest absolute Gasteiger partial charge is 0.362 e. The molecule has 0 radical (unpaired) electrons. The van der Waals surface area contributed by atoms with E-state index in [1.807, 2.05) is 0 Å². The van der Waals surface area contributed by atoms with Crippen LogP contribution in [-0.4, -0.2) is 18.6 Å². The van der Waals surface area contributed by atoms with E-state index in [0.717, 1.165) is 12.1 Å². The monoisotopic (exact) mass is 262 g/mol. The number of para-hydroxylation sites is 1. The minimum atomic E-state index is -2.90. The maximum atomic E-state index is 10.6. The summed E-state index contributed by atoms with van der Waals surface area (Å²) in [6.07, 6.45) is -2.07. The van der Waals surface area contributed by atoms with Gasteiger partial charge in [-0.25, -0.2) is 0 Å². The highest BCUT2D eigenvalue weighted by molar-refractivity contribution is 7.74. The Labute approximate surface area is 96.8 Å². The van der Waals surface area contributed by atoms with Gasteiger partial charge in [-0.1, -0.05) is 12.1 Å². The molecule has 1 N–H and O–H groups in total. The molecule has 0 saturated carbocycles. The molecule has 0 aromatic heterocycles. The van der Waals surface area contributed by atoms with Crippen LogP contribution in [-0.2, 0) is 15.5 Å². The molecule has 0 spiro atoms. The Morgan fingerprint density at radius 3 is 2.35 bits per heavy atom. The normalized spacial score (nSPS) is 13.9. The maximum Gasteiger partial charge on any atom is 0.362 e. The predicted octanol–water partition coefficient (Wildman–Crippen LogP) is 1.02. The summed E-state index contributed by atoms with van der Waals surface area (Å²) in [6, 6.07) is 4.75. The molecule has 0 aliphatic rings. The summed E-state index contributed by atoms with van der Waals surface area (Å²) in [5, 5.41) is 21.2. The molecule has 0 saturated heterocycles. The molecule has 1 aromatic rings. The molecule has 0 bridgehead atoms. The highest BCUT2D eigenvalue weighted by Crippen LogP contribution is 2.28. The molecule has 0 aliphatic carbocycles. The van der Waals surface area contributed by atoms with Gasteiger partial charge in [0.2, 0.25) is 0 Å². The SMILES string of the molecule is O=[N+]([O-])c1ccccc1C(OS(=O)O)[N+](=O)[O-]. The van der Waals surface area contributed by atoms with Crippen molar-refractivity contribution in [1.82, 2.24) is 0 Å². The summed E-state index contributed by atoms with van der Waals surface area (Å²) in [5.74, 6) is 0. The fourth-order valence-corrected chi connectivity index (χ4v) is 1.47. The summed E-state index contributed by atoms with van der Waals surface area (Å²) in [4.78, 5) is 19.4. The van der Waals surface area contributed by atoms with Gasteiger partial charge in [0.25, 0.3) is 5.69 Å². The van der Waals surface area contributed by atoms with Crippen molar-refractivity contribution in [2.24, 2.45) is 0 Å². The van der Waals surface area contributed by atoms with Crippen molar-refractivity contribution in [3.63, 3.8) is 0 Å². The van der Waals surface area contributed by atoms with Crippen LogP contribution in [0.1, 0.15) is 11.8 Å². The molecule has 1 aromatic carbocycles. The van der Waals surface area contributed by atoms with Gasteiger partial charge in [0.15, 0.2) is 0 Å². The fraction of sp³-hybridized carbons (Fsp3) is 0.143. The van der Waals surface area contributed by atoms with Crippen molar-refractivity contribution < 1.29 is 22.8 Å². The predicted molar refractivity (Wildman–Crippen MR) is 54.7 cm³/mol. The Morgan fingerprint density at radius 1 is 1.29 bits per heavy atom. The Morgan fingerprint density at radius 2 is 1.88 bits per heavy atom. The van der Waals surface area contributed by atoms with Gasteiger partial charge in [0.05, 0.1) is 9.85 Å². The van der Waals surface area contributed by atoms with Gasteiger partial charge < -0.3 is 0 Å². The number of hydrogen-bond donors (Lipinski definition) is 1. The zero-order valence-corrected chi connectivity index (χ0v) is 8.90. The van der Waals surface area contributed by atoms with Crippen LogP contribution in [0.15, 0.2) is 24.3 Å². The van der Waals surface area contributed by atoms with Crippen LogP contribution in [0.5, 0.6) is 0 Å². The van der Waals surface area contributed by atoms with E-state index in [-0.39, 0.29) is 0 Å². The number of rotatable bonds is 5. The second-order valence-corrected chi connectivity index (χ2v) is 3.39. The summed E-state index contributed by atoms with van der Waals surface area (Å²) < 4.78 is 22.9. The molecule has 2 atom stereocenters. The van der Waals surface area contributed by atoms with Crippen LogP contribution in [0.25, 0.3) is 0 Å². The quantitative estimate of drug-likeness (QED) is 0.362. The van der Waals surface area contributed by atoms with Crippen LogP contribution >= 0.6 is 0 Å². The van der Waals surface area contributed by atoms with E-state index in [1.165, 1.54) is 12.1 Å². The summed E-state index contributed by atoms with van der Waals surface area (Å²) in [5.41, 5.74) is -0.954. The Balaban J connectivity index is 3.22. The topological polar surface area (TPSA) is 133 Å². The number of nitrogens with zero attached hydrogens (tertiary/aromatic N) is 2. The Hall–Kier alpha value is -1.91. The molecule has 2 unspecified atom stereocenters. The summed E-state index contributed by atoms with van der Waals surface area (Å²) in [6.45, 7) is 0. The van der Waals surface area contributed by atoms with Gasteiger partial charge >= 0.3 is 17.6 Å². The van der Waals surface area contributed by atoms with Crippen molar-refractivity contribution in [3.8, 4) is 0 Å². The zero-order chi connectivity index (χ0) is 13.0. The molecule has 0 amide bonds. The van der Waals surface area contributed by atoms with E-state index >= 15 is 0 Å². The maximum absolute atomic E-state index is 10.6. The summed E-state index contributed by atoms with van der Waals surface area (Å²) >= 11 is -2.90. The smallest absolute Gasteiger partial charge is 0.284 e. The first-order chi connectivity index (χ1) is 7.93. The number of hydrogen-bond acceptors (Lipinski definition) is 6. The first-order valence-corrected chi connectivity index (χ1v) is 5.11. The van der Waals surface area contributed by atoms with Gasteiger partial charge in [0, 0.05) is 6.07 Å². The van der Waals surface area contributed by atoms with E-state index in [0.29, 0.717) is 0 Å². The van der Waals surface area contributed by atoms with Gasteiger partial charge in [-0.3, -0.25) is 24.8 Å². The minimum Gasteiger partial charge on any atom is -0.284 e. The Kier molecular flexibility index (Phi) is 4.20. The first-order valence-electron chi connectivity index (χ1n) is 4.08. The lowest BCUT2D eigenvalue weighted by atomic mass is 10.1. The number of nitro groups is 2. The zero-order valence-electron chi connectivity index (χ0n) is 8.09. The number of nitro benzene ring substituents is 1. The third-order valence-corrected chi connectivity index (χ3v) is 2.11. The van der Waals surface area contributed by atoms with Crippen LogP contribution in [0, 0.1) is 20.2 Å². The standard InChI is InChI=1S/C7H6N2O7S/c10-8(11)6-4-2-1-3-5(6)7(9(12)13)16-17(14)15/h1-4,7H,(H,14,15). The molecular weight excluding hydrogens is 256 g/mol. The van der Waals surface area contributed by atoms with Gasteiger partial charge in [0.1, 0.15) is 5.56 Å². The van der Waals surface area contributed by atoms with Crippen LogP contribution in [0.3, 0.4) is 0 Å². The van der Waals surface area contributed by atoms with Crippen LogP contribution in [0.4, 0.5) is 5.69 Å². The van der Waals surface area contributed by atoms with E-state index in [1.54, 1.807) is 0 Å². The molecule has 9 nitrogen and oxygen atoms in total. The highest BCUT2D eigenvalue weighted by atomic mass is 32.2. The highest BCUT2D eigenvalue weighted by Gasteiger charge is 2.33. The Bertz CT molecular complexity index is 477. The van der Waals surface area contributed by atoms with Crippen molar-refractivity contribution >= 4 is 17.0 Å². The van der Waals surface area contributed by atoms with Crippen molar-refractivity contribution in [1.29, 1.82) is 0 Å². The molecule has 0 aliphatic heterocycles. The van der Waals surface area contributed by atoms with Crippen molar-refractivity contribution in [2.75, 3.05) is 0 Å². The molecule has 10 heteroatoms. The average molecular weight is 262 g/mol. The van der Waals surface area contributed by atoms with Crippen LogP contribution < -0.4 is 0 Å². The minimum absolute atomic E-state index is 0.398. The van der Waals surface area contributed by atoms with E-state index in [2.05, 4.69) is 4.18 Å².